The first-order chi connectivity index (χ1) is 9.17. The van der Waals surface area contributed by atoms with Gasteiger partial charge in [0.05, 0.1) is 7.11 Å². The predicted octanol–water partition coefficient (Wildman–Crippen LogP) is 3.72. The van der Waals surface area contributed by atoms with Crippen molar-refractivity contribution in [2.45, 2.75) is 49.1 Å². The largest absolute Gasteiger partial charge is 0.494 e. The summed E-state index contributed by atoms with van der Waals surface area (Å²) in [6.07, 6.45) is 5.00. The van der Waals surface area contributed by atoms with Crippen LogP contribution >= 0.6 is 15.9 Å². The lowest BCUT2D eigenvalue weighted by Crippen LogP contribution is -2.42. The van der Waals surface area contributed by atoms with Crippen molar-refractivity contribution in [3.05, 3.63) is 29.6 Å². The van der Waals surface area contributed by atoms with Crippen LogP contribution in [0.15, 0.2) is 18.2 Å². The van der Waals surface area contributed by atoms with Crippen molar-refractivity contribution < 1.29 is 9.13 Å². The van der Waals surface area contributed by atoms with E-state index in [2.05, 4.69) is 20.8 Å². The van der Waals surface area contributed by atoms with Crippen LogP contribution in [0.25, 0.3) is 0 Å². The van der Waals surface area contributed by atoms with Crippen molar-refractivity contribution in [2.24, 2.45) is 0 Å². The second kappa shape index (κ2) is 5.41. The number of nitrogens with zero attached hydrogens (tertiary/aromatic N) is 1. The monoisotopic (exact) mass is 327 g/mol. The van der Waals surface area contributed by atoms with Crippen LogP contribution in [0.4, 0.5) is 4.39 Å². The van der Waals surface area contributed by atoms with Gasteiger partial charge < -0.3 is 4.74 Å². The van der Waals surface area contributed by atoms with Gasteiger partial charge in [0.2, 0.25) is 0 Å². The Bertz CT molecular complexity index is 453. The van der Waals surface area contributed by atoms with Crippen LogP contribution in [-0.2, 0) is 6.54 Å². The van der Waals surface area contributed by atoms with Crippen LogP contribution in [0.3, 0.4) is 0 Å². The molecule has 104 valence electrons. The molecule has 2 aliphatic rings. The Kier molecular flexibility index (Phi) is 3.81. The summed E-state index contributed by atoms with van der Waals surface area (Å²) in [7, 11) is 1.50. The SMILES string of the molecule is COc1ccc(CN2C3CCC2CC(Br)C3)cc1F. The molecule has 0 spiro atoms. The zero-order valence-corrected chi connectivity index (χ0v) is 12.7. The van der Waals surface area contributed by atoms with Crippen molar-refractivity contribution in [1.29, 1.82) is 0 Å². The second-order valence-electron chi connectivity index (χ2n) is 5.59. The number of halogens is 2. The molecule has 0 amide bonds. The predicted molar refractivity (Wildman–Crippen MR) is 77.3 cm³/mol. The third-order valence-corrected chi connectivity index (χ3v) is 5.16. The minimum Gasteiger partial charge on any atom is -0.494 e. The van der Waals surface area contributed by atoms with Crippen LogP contribution in [0.2, 0.25) is 0 Å². The van der Waals surface area contributed by atoms with Crippen molar-refractivity contribution in [2.75, 3.05) is 7.11 Å². The van der Waals surface area contributed by atoms with Gasteiger partial charge >= 0.3 is 0 Å². The van der Waals surface area contributed by atoms with Gasteiger partial charge in [-0.3, -0.25) is 4.90 Å². The maximum Gasteiger partial charge on any atom is 0.165 e. The molecule has 0 radical (unpaired) electrons. The molecule has 1 aromatic rings. The van der Waals surface area contributed by atoms with E-state index in [1.54, 1.807) is 12.1 Å². The van der Waals surface area contributed by atoms with Gasteiger partial charge in [0.15, 0.2) is 11.6 Å². The number of ether oxygens (including phenoxy) is 1. The summed E-state index contributed by atoms with van der Waals surface area (Å²) in [5, 5.41) is 0. The van der Waals surface area contributed by atoms with E-state index in [0.717, 1.165) is 12.1 Å². The van der Waals surface area contributed by atoms with E-state index in [1.807, 2.05) is 6.07 Å². The number of methoxy groups -OCH3 is 1. The van der Waals surface area contributed by atoms with E-state index in [0.29, 0.717) is 22.7 Å². The lowest BCUT2D eigenvalue weighted by atomic mass is 10.0. The molecule has 19 heavy (non-hydrogen) atoms. The first-order valence-electron chi connectivity index (χ1n) is 6.89. The van der Waals surface area contributed by atoms with E-state index in [-0.39, 0.29) is 5.82 Å². The van der Waals surface area contributed by atoms with Gasteiger partial charge in [0, 0.05) is 23.5 Å². The van der Waals surface area contributed by atoms with E-state index in [4.69, 9.17) is 4.74 Å². The number of benzene rings is 1. The summed E-state index contributed by atoms with van der Waals surface area (Å²) in [5.74, 6) is 0.0635. The fraction of sp³-hybridized carbons (Fsp3) is 0.600. The topological polar surface area (TPSA) is 12.5 Å². The second-order valence-corrected chi connectivity index (χ2v) is 6.89. The molecule has 3 rings (SSSR count). The van der Waals surface area contributed by atoms with E-state index < -0.39 is 0 Å². The number of fused-ring (bicyclic) bond motifs is 2. The van der Waals surface area contributed by atoms with Crippen LogP contribution < -0.4 is 4.74 Å². The number of piperidine rings is 1. The van der Waals surface area contributed by atoms with Crippen LogP contribution in [0.5, 0.6) is 5.75 Å². The van der Waals surface area contributed by atoms with E-state index >= 15 is 0 Å². The Hall–Kier alpha value is -0.610. The minimum absolute atomic E-state index is 0.261. The molecule has 2 nitrogen and oxygen atoms in total. The molecule has 0 saturated carbocycles. The van der Waals surface area contributed by atoms with Crippen LogP contribution in [0, 0.1) is 5.82 Å². The van der Waals surface area contributed by atoms with Gasteiger partial charge in [0.25, 0.3) is 0 Å². The Morgan fingerprint density at radius 2 is 2.00 bits per heavy atom. The quantitative estimate of drug-likeness (QED) is 0.784. The molecule has 2 unspecified atom stereocenters. The molecule has 2 aliphatic heterocycles. The first-order valence-corrected chi connectivity index (χ1v) is 7.81. The fourth-order valence-electron chi connectivity index (χ4n) is 3.48. The summed E-state index contributed by atoms with van der Waals surface area (Å²) in [4.78, 5) is 3.22. The molecule has 2 bridgehead atoms. The number of hydrogen-bond donors (Lipinski definition) is 0. The first kappa shape index (κ1) is 13.4. The molecule has 2 saturated heterocycles. The molecule has 1 aromatic carbocycles. The smallest absolute Gasteiger partial charge is 0.165 e. The van der Waals surface area contributed by atoms with Crippen molar-refractivity contribution >= 4 is 15.9 Å². The highest BCUT2D eigenvalue weighted by atomic mass is 79.9. The molecular formula is C15H19BrFNO. The third-order valence-electron chi connectivity index (χ3n) is 4.41. The highest BCUT2D eigenvalue weighted by Crippen LogP contribution is 2.39. The zero-order valence-electron chi connectivity index (χ0n) is 11.1. The summed E-state index contributed by atoms with van der Waals surface area (Å²) < 4.78 is 18.7. The molecule has 4 heteroatoms. The Balaban J connectivity index is 1.73. The molecule has 2 atom stereocenters. The molecule has 0 aliphatic carbocycles. The summed E-state index contributed by atoms with van der Waals surface area (Å²) in [6, 6.07) is 6.63. The highest BCUT2D eigenvalue weighted by molar-refractivity contribution is 9.09. The van der Waals surface area contributed by atoms with Gasteiger partial charge in [-0.1, -0.05) is 22.0 Å². The third kappa shape index (κ3) is 2.65. The summed E-state index contributed by atoms with van der Waals surface area (Å²) in [5.41, 5.74) is 1.04. The van der Waals surface area contributed by atoms with Gasteiger partial charge in [-0.05, 0) is 43.4 Å². The summed E-state index contributed by atoms with van der Waals surface area (Å²) >= 11 is 3.75. The van der Waals surface area contributed by atoms with E-state index in [1.165, 1.54) is 32.8 Å². The molecule has 2 fully saturated rings. The average Bonchev–Trinajstić information content (AvgIpc) is 2.62. The van der Waals surface area contributed by atoms with Crippen molar-refractivity contribution in [1.82, 2.24) is 4.90 Å². The standard InChI is InChI=1S/C15H19BrFNO/c1-19-15-5-2-10(6-14(15)17)9-18-12-3-4-13(18)8-11(16)7-12/h2,5-6,11-13H,3-4,7-9H2,1H3. The minimum atomic E-state index is -0.261. The Morgan fingerprint density at radius 3 is 2.58 bits per heavy atom. The molecule has 0 N–H and O–H groups in total. The van der Waals surface area contributed by atoms with E-state index in [9.17, 15) is 4.39 Å². The highest BCUT2D eigenvalue weighted by Gasteiger charge is 2.39. The summed E-state index contributed by atoms with van der Waals surface area (Å²) in [6.45, 7) is 0.857. The average molecular weight is 328 g/mol. The fourth-order valence-corrected chi connectivity index (χ4v) is 4.35. The maximum absolute atomic E-state index is 13.7. The Morgan fingerprint density at radius 1 is 1.32 bits per heavy atom. The van der Waals surface area contributed by atoms with Crippen molar-refractivity contribution in [3.63, 3.8) is 0 Å². The van der Waals surface area contributed by atoms with Crippen molar-refractivity contribution in [3.8, 4) is 5.75 Å². The normalized spacial score (nSPS) is 30.6. The van der Waals surface area contributed by atoms with Gasteiger partial charge in [0.1, 0.15) is 0 Å². The van der Waals surface area contributed by atoms with Gasteiger partial charge in [-0.15, -0.1) is 0 Å². The zero-order chi connectivity index (χ0) is 13.4. The number of rotatable bonds is 3. The van der Waals surface area contributed by atoms with Crippen LogP contribution in [-0.4, -0.2) is 28.9 Å². The maximum atomic E-state index is 13.7. The molecular weight excluding hydrogens is 309 g/mol. The lowest BCUT2D eigenvalue weighted by molar-refractivity contribution is 0.137. The Labute approximate surface area is 122 Å². The molecule has 2 heterocycles. The van der Waals surface area contributed by atoms with Crippen LogP contribution in [0.1, 0.15) is 31.2 Å². The van der Waals surface area contributed by atoms with Gasteiger partial charge in [-0.2, -0.15) is 0 Å². The van der Waals surface area contributed by atoms with Gasteiger partial charge in [-0.25, -0.2) is 4.39 Å². The lowest BCUT2D eigenvalue weighted by Gasteiger charge is -2.37. The number of alkyl halides is 1. The number of hydrogen-bond acceptors (Lipinski definition) is 2. The molecule has 0 aromatic heterocycles.